The second-order valence-corrected chi connectivity index (χ2v) is 8.44. The Bertz CT molecular complexity index is 1400. The molecule has 0 fully saturated rings. The molecule has 0 saturated heterocycles. The van der Waals surface area contributed by atoms with Crippen molar-refractivity contribution in [3.63, 3.8) is 0 Å². The van der Waals surface area contributed by atoms with Gasteiger partial charge in [0.2, 0.25) is 0 Å². The summed E-state index contributed by atoms with van der Waals surface area (Å²) in [6.07, 6.45) is -0.683. The average Bonchev–Trinajstić information content (AvgIpc) is 3.26. The average molecular weight is 521 g/mol. The molecular formula is C29H26F2N2O5. The van der Waals surface area contributed by atoms with E-state index in [0.717, 1.165) is 28.8 Å². The van der Waals surface area contributed by atoms with E-state index in [9.17, 15) is 18.4 Å². The molecule has 3 aromatic carbocycles. The number of esters is 1. The molecule has 0 radical (unpaired) electrons. The molecule has 196 valence electrons. The molecule has 1 amide bonds. The number of ether oxygens (including phenoxy) is 2. The number of rotatable bonds is 9. The zero-order chi connectivity index (χ0) is 27.1. The topological polar surface area (TPSA) is 90.7 Å². The highest BCUT2D eigenvalue weighted by Gasteiger charge is 2.19. The number of nitrogens with one attached hydrogen (secondary N) is 1. The van der Waals surface area contributed by atoms with Crippen molar-refractivity contribution in [2.45, 2.75) is 26.7 Å². The number of carbonyl (C=O) groups excluding carboxylic acids is 2. The fraction of sp³-hybridized carbons (Fsp3) is 0.207. The third-order valence-electron chi connectivity index (χ3n) is 5.82. The summed E-state index contributed by atoms with van der Waals surface area (Å²) < 4.78 is 43.1. The Balaban J connectivity index is 1.39. The van der Waals surface area contributed by atoms with Crippen molar-refractivity contribution in [3.8, 4) is 22.5 Å². The number of benzene rings is 3. The lowest BCUT2D eigenvalue weighted by molar-refractivity contribution is -0.142. The van der Waals surface area contributed by atoms with E-state index < -0.39 is 17.7 Å². The van der Waals surface area contributed by atoms with E-state index in [4.69, 9.17) is 14.0 Å². The molecule has 0 aliphatic rings. The molecule has 0 unspecified atom stereocenters. The molecule has 7 nitrogen and oxygen atoms in total. The van der Waals surface area contributed by atoms with Gasteiger partial charge in [-0.15, -0.1) is 0 Å². The van der Waals surface area contributed by atoms with E-state index in [1.165, 1.54) is 6.07 Å². The van der Waals surface area contributed by atoms with E-state index >= 15 is 0 Å². The lowest BCUT2D eigenvalue weighted by atomic mass is 10.0. The largest absolute Gasteiger partial charge is 0.466 e. The Morgan fingerprint density at radius 1 is 0.895 bits per heavy atom. The van der Waals surface area contributed by atoms with Crippen LogP contribution >= 0.6 is 0 Å². The quantitative estimate of drug-likeness (QED) is 0.254. The first-order chi connectivity index (χ1) is 18.4. The smallest absolute Gasteiger partial charge is 0.411 e. The number of hydrogen-bond donors (Lipinski definition) is 1. The zero-order valence-corrected chi connectivity index (χ0v) is 20.9. The summed E-state index contributed by atoms with van der Waals surface area (Å²) in [5.41, 5.74) is 4.09. The summed E-state index contributed by atoms with van der Waals surface area (Å²) in [7, 11) is 0. The first-order valence-corrected chi connectivity index (χ1v) is 12.0. The number of halogens is 2. The van der Waals surface area contributed by atoms with Crippen molar-refractivity contribution in [2.75, 3.05) is 18.5 Å². The van der Waals surface area contributed by atoms with Crippen LogP contribution in [0.2, 0.25) is 0 Å². The maximum absolute atomic E-state index is 13.8. The monoisotopic (exact) mass is 520 g/mol. The van der Waals surface area contributed by atoms with E-state index in [1.807, 2.05) is 48.5 Å². The van der Waals surface area contributed by atoms with Gasteiger partial charge >= 0.3 is 12.1 Å². The van der Waals surface area contributed by atoms with Crippen LogP contribution in [-0.2, 0) is 27.1 Å². The normalized spacial score (nSPS) is 10.7. The molecule has 0 atom stereocenters. The number of anilines is 1. The first-order valence-electron chi connectivity index (χ1n) is 12.0. The minimum absolute atomic E-state index is 0.104. The lowest BCUT2D eigenvalue weighted by Crippen LogP contribution is -2.16. The Hall–Kier alpha value is -4.53. The lowest BCUT2D eigenvalue weighted by Gasteiger charge is -2.09. The summed E-state index contributed by atoms with van der Waals surface area (Å²) in [5, 5.41) is 6.55. The molecule has 38 heavy (non-hydrogen) atoms. The highest BCUT2D eigenvalue weighted by Crippen LogP contribution is 2.32. The number of aromatic nitrogens is 1. The van der Waals surface area contributed by atoms with Crippen LogP contribution in [0.4, 0.5) is 19.3 Å². The van der Waals surface area contributed by atoms with E-state index in [2.05, 4.69) is 10.5 Å². The molecule has 1 heterocycles. The van der Waals surface area contributed by atoms with Crippen molar-refractivity contribution in [1.82, 2.24) is 5.16 Å². The van der Waals surface area contributed by atoms with Gasteiger partial charge in [-0.25, -0.2) is 13.6 Å². The molecule has 9 heteroatoms. The van der Waals surface area contributed by atoms with E-state index in [0.29, 0.717) is 29.3 Å². The van der Waals surface area contributed by atoms with Crippen LogP contribution in [0.15, 0.2) is 71.3 Å². The minimum Gasteiger partial charge on any atom is -0.466 e. The van der Waals surface area contributed by atoms with Crippen molar-refractivity contribution in [1.29, 1.82) is 0 Å². The van der Waals surface area contributed by atoms with E-state index in [1.54, 1.807) is 13.8 Å². The highest BCUT2D eigenvalue weighted by atomic mass is 19.1. The summed E-state index contributed by atoms with van der Waals surface area (Å²) in [4.78, 5) is 24.0. The Morgan fingerprint density at radius 3 is 2.13 bits per heavy atom. The summed E-state index contributed by atoms with van der Waals surface area (Å²) >= 11 is 0. The molecule has 0 aliphatic carbocycles. The standard InChI is InChI=1S/C29H26F2N2O5/c1-3-36-26(34)17-19-7-9-20(10-8-19)21-11-13-22(14-12-21)28-27(18(2)33-38-28)32-29(35)37-16-15-23-24(30)5-4-6-25(23)31/h4-14H,3,15-17H2,1-2H3,(H,32,35). The van der Waals surface area contributed by atoms with Crippen LogP contribution < -0.4 is 5.32 Å². The van der Waals surface area contributed by atoms with Gasteiger partial charge in [0, 0.05) is 17.5 Å². The SMILES string of the molecule is CCOC(=O)Cc1ccc(-c2ccc(-c3onc(C)c3NC(=O)OCCc3c(F)cccc3F)cc2)cc1. The Labute approximate surface area is 218 Å². The first kappa shape index (κ1) is 26.5. The van der Waals surface area contributed by atoms with Gasteiger partial charge in [0.25, 0.3) is 0 Å². The molecular weight excluding hydrogens is 494 g/mol. The molecule has 0 aliphatic heterocycles. The fourth-order valence-electron chi connectivity index (χ4n) is 3.88. The van der Waals surface area contributed by atoms with Crippen molar-refractivity contribution in [2.24, 2.45) is 0 Å². The molecule has 1 aromatic heterocycles. The number of aryl methyl sites for hydroxylation is 1. The van der Waals surface area contributed by atoms with Gasteiger partial charge < -0.3 is 14.0 Å². The van der Waals surface area contributed by atoms with Gasteiger partial charge in [-0.1, -0.05) is 59.8 Å². The van der Waals surface area contributed by atoms with Gasteiger partial charge in [-0.05, 0) is 42.7 Å². The van der Waals surface area contributed by atoms with Gasteiger partial charge in [0.05, 0.1) is 19.6 Å². The van der Waals surface area contributed by atoms with Crippen molar-refractivity contribution >= 4 is 17.7 Å². The second-order valence-electron chi connectivity index (χ2n) is 8.44. The fourth-order valence-corrected chi connectivity index (χ4v) is 3.88. The highest BCUT2D eigenvalue weighted by molar-refractivity contribution is 5.91. The molecule has 0 bridgehead atoms. The molecule has 0 saturated carbocycles. The van der Waals surface area contributed by atoms with E-state index in [-0.39, 0.29) is 31.0 Å². The van der Waals surface area contributed by atoms with Gasteiger partial charge in [0.15, 0.2) is 5.76 Å². The minimum atomic E-state index is -0.797. The van der Waals surface area contributed by atoms with Crippen molar-refractivity contribution < 1.29 is 32.4 Å². The maximum Gasteiger partial charge on any atom is 0.411 e. The number of hydrogen-bond acceptors (Lipinski definition) is 6. The summed E-state index contributed by atoms with van der Waals surface area (Å²) in [6, 6.07) is 18.7. The van der Waals surface area contributed by atoms with Crippen LogP contribution in [0, 0.1) is 18.6 Å². The third-order valence-corrected chi connectivity index (χ3v) is 5.82. The Kier molecular flexibility index (Phi) is 8.47. The zero-order valence-electron chi connectivity index (χ0n) is 20.9. The van der Waals surface area contributed by atoms with Gasteiger partial charge in [0.1, 0.15) is 23.0 Å². The second kappa shape index (κ2) is 12.1. The van der Waals surface area contributed by atoms with Crippen LogP contribution in [0.25, 0.3) is 22.5 Å². The third kappa shape index (κ3) is 6.42. The summed E-state index contributed by atoms with van der Waals surface area (Å²) in [5.74, 6) is -1.31. The molecule has 4 rings (SSSR count). The predicted octanol–water partition coefficient (Wildman–Crippen LogP) is 6.49. The number of nitrogens with zero attached hydrogens (tertiary/aromatic N) is 1. The van der Waals surface area contributed by atoms with Crippen LogP contribution in [0.5, 0.6) is 0 Å². The van der Waals surface area contributed by atoms with Crippen LogP contribution in [0.1, 0.15) is 23.7 Å². The summed E-state index contributed by atoms with van der Waals surface area (Å²) in [6.45, 7) is 3.58. The predicted molar refractivity (Wildman–Crippen MR) is 137 cm³/mol. The molecule has 4 aromatic rings. The van der Waals surface area contributed by atoms with Crippen molar-refractivity contribution in [3.05, 3.63) is 95.2 Å². The number of carbonyl (C=O) groups is 2. The molecule has 0 spiro atoms. The van der Waals surface area contributed by atoms with Crippen LogP contribution in [0.3, 0.4) is 0 Å². The maximum atomic E-state index is 13.8. The molecule has 1 N–H and O–H groups in total. The Morgan fingerprint density at radius 2 is 1.50 bits per heavy atom. The number of amides is 1. The van der Waals surface area contributed by atoms with Crippen LogP contribution in [-0.4, -0.2) is 30.4 Å². The van der Waals surface area contributed by atoms with Gasteiger partial charge in [-0.3, -0.25) is 10.1 Å². The van der Waals surface area contributed by atoms with Gasteiger partial charge in [-0.2, -0.15) is 0 Å².